The van der Waals surface area contributed by atoms with Gasteiger partial charge in [-0.1, -0.05) is 66.7 Å². The molecule has 0 amide bonds. The number of carbonyl (C=O) groups is 1. The molecule has 1 aromatic heterocycles. The first kappa shape index (κ1) is 23.2. The highest BCUT2D eigenvalue weighted by atomic mass is 16.5. The Morgan fingerprint density at radius 2 is 1.39 bits per heavy atom. The summed E-state index contributed by atoms with van der Waals surface area (Å²) < 4.78 is 24.0. The van der Waals surface area contributed by atoms with Crippen LogP contribution in [0.3, 0.4) is 0 Å². The number of para-hydroxylation sites is 1. The first-order valence-electron chi connectivity index (χ1n) is 11.6. The van der Waals surface area contributed by atoms with Crippen molar-refractivity contribution in [2.75, 3.05) is 7.11 Å². The number of aldehydes is 1. The van der Waals surface area contributed by atoms with Crippen molar-refractivity contribution in [3.05, 3.63) is 112 Å². The maximum atomic E-state index is 13.6. The van der Waals surface area contributed by atoms with E-state index in [-0.39, 0.29) is 29.4 Å². The molecule has 0 aliphatic rings. The van der Waals surface area contributed by atoms with E-state index in [4.69, 9.17) is 18.6 Å². The molecule has 0 saturated heterocycles. The molecule has 4 aromatic carbocycles. The van der Waals surface area contributed by atoms with Gasteiger partial charge in [-0.2, -0.15) is 0 Å². The molecule has 0 saturated carbocycles. The molecule has 5 rings (SSSR count). The van der Waals surface area contributed by atoms with Gasteiger partial charge in [0, 0.05) is 18.1 Å². The quantitative estimate of drug-likeness (QED) is 0.194. The molecule has 0 spiro atoms. The molecule has 1 heterocycles. The Hall–Kier alpha value is -4.58. The summed E-state index contributed by atoms with van der Waals surface area (Å²) in [5, 5.41) is 0.621. The fraction of sp³-hybridized carbons (Fsp3) is 0.133. The van der Waals surface area contributed by atoms with E-state index in [1.54, 1.807) is 24.3 Å². The van der Waals surface area contributed by atoms with Crippen LogP contribution in [-0.4, -0.2) is 13.4 Å². The van der Waals surface area contributed by atoms with Gasteiger partial charge in [-0.25, -0.2) is 0 Å². The molecule has 36 heavy (non-hydrogen) atoms. The molecule has 0 unspecified atom stereocenters. The van der Waals surface area contributed by atoms with E-state index in [2.05, 4.69) is 0 Å². The average molecular weight is 481 g/mol. The number of methoxy groups -OCH3 is 1. The van der Waals surface area contributed by atoms with Gasteiger partial charge < -0.3 is 23.4 Å². The summed E-state index contributed by atoms with van der Waals surface area (Å²) in [6.07, 6.45) is 0.769. The lowest BCUT2D eigenvalue weighted by atomic mass is 10.0. The number of carbonyl (C=O) groups excluding carboxylic acids is 1. The normalized spacial score (nSPS) is 10.9. The summed E-state index contributed by atoms with van der Waals surface area (Å²) in [4.78, 5) is 25.3. The second kappa shape index (κ2) is 10.4. The number of hydrogen-bond acceptors (Lipinski definition) is 6. The van der Waals surface area contributed by atoms with Gasteiger partial charge in [-0.15, -0.1) is 0 Å². The van der Waals surface area contributed by atoms with Crippen LogP contribution in [0.25, 0.3) is 21.9 Å². The number of hydrogen-bond donors (Lipinski definition) is 0. The number of rotatable bonds is 9. The third-order valence-electron chi connectivity index (χ3n) is 5.94. The molecule has 0 aliphatic heterocycles. The molecule has 0 N–H and O–H groups in total. The van der Waals surface area contributed by atoms with Gasteiger partial charge in [0.2, 0.25) is 5.43 Å². The largest absolute Gasteiger partial charge is 0.496 e. The van der Waals surface area contributed by atoms with Crippen LogP contribution in [0, 0.1) is 0 Å². The third kappa shape index (κ3) is 4.53. The highest BCUT2D eigenvalue weighted by Gasteiger charge is 2.22. The summed E-state index contributed by atoms with van der Waals surface area (Å²) >= 11 is 0. The lowest BCUT2D eigenvalue weighted by Gasteiger charge is -2.16. The van der Waals surface area contributed by atoms with Gasteiger partial charge in [-0.3, -0.25) is 4.79 Å². The van der Waals surface area contributed by atoms with Crippen LogP contribution in [0.15, 0.2) is 94.1 Å². The first-order chi connectivity index (χ1) is 17.7. The van der Waals surface area contributed by atoms with Crippen molar-refractivity contribution >= 4 is 28.2 Å². The van der Waals surface area contributed by atoms with Crippen molar-refractivity contribution in [2.45, 2.75) is 19.6 Å². The first-order valence-corrected chi connectivity index (χ1v) is 11.6. The third-order valence-corrected chi connectivity index (χ3v) is 5.94. The van der Waals surface area contributed by atoms with E-state index in [1.807, 2.05) is 60.7 Å². The molecule has 0 fully saturated rings. The Labute approximate surface area is 207 Å². The lowest BCUT2D eigenvalue weighted by Crippen LogP contribution is -2.09. The van der Waals surface area contributed by atoms with Gasteiger partial charge in [-0.05, 0) is 23.3 Å². The van der Waals surface area contributed by atoms with Crippen molar-refractivity contribution in [2.24, 2.45) is 0 Å². The van der Waals surface area contributed by atoms with Crippen molar-refractivity contribution in [3.63, 3.8) is 0 Å². The summed E-state index contributed by atoms with van der Waals surface area (Å²) in [6, 6.07) is 26.2. The van der Waals surface area contributed by atoms with Crippen LogP contribution in [0.4, 0.5) is 0 Å². The molecule has 6 heteroatoms. The van der Waals surface area contributed by atoms with Crippen LogP contribution in [0.1, 0.15) is 16.7 Å². The summed E-state index contributed by atoms with van der Waals surface area (Å²) in [5.74, 6) is 1.16. The van der Waals surface area contributed by atoms with E-state index in [9.17, 15) is 9.59 Å². The Bertz CT molecular complexity index is 1570. The maximum Gasteiger partial charge on any atom is 0.204 e. The van der Waals surface area contributed by atoms with E-state index >= 15 is 0 Å². The predicted octanol–water partition coefficient (Wildman–Crippen LogP) is 5.85. The summed E-state index contributed by atoms with van der Waals surface area (Å²) in [6.45, 7) is 0.594. The summed E-state index contributed by atoms with van der Waals surface area (Å²) in [7, 11) is 1.48. The zero-order chi connectivity index (χ0) is 24.9. The minimum Gasteiger partial charge on any atom is -0.496 e. The molecule has 180 valence electrons. The highest BCUT2D eigenvalue weighted by molar-refractivity contribution is 5.98. The van der Waals surface area contributed by atoms with E-state index in [0.717, 1.165) is 17.4 Å². The maximum absolute atomic E-state index is 13.6. The standard InChI is InChI=1S/C30H24O6/c1-33-26-17-25(35-19-21-11-6-3-7-12-21)22(15-16-31)30-27(26)28(32)23-13-8-14-24(29(23)36-30)34-18-20-9-4-2-5-10-20/h2-14,16-17H,15,18-19H2,1H3. The Morgan fingerprint density at radius 3 is 2.00 bits per heavy atom. The molecular weight excluding hydrogens is 456 g/mol. The second-order valence-corrected chi connectivity index (χ2v) is 8.24. The molecule has 0 bridgehead atoms. The minimum atomic E-state index is -0.269. The smallest absolute Gasteiger partial charge is 0.204 e. The SMILES string of the molecule is COc1cc(OCc2ccccc2)c(CC=O)c2oc3c(OCc4ccccc4)cccc3c(=O)c12. The Balaban J connectivity index is 1.66. The van der Waals surface area contributed by atoms with Gasteiger partial charge in [0.25, 0.3) is 0 Å². The minimum absolute atomic E-state index is 0.00605. The fourth-order valence-corrected chi connectivity index (χ4v) is 4.17. The van der Waals surface area contributed by atoms with Crippen LogP contribution in [0.5, 0.6) is 17.2 Å². The topological polar surface area (TPSA) is 75.0 Å². The van der Waals surface area contributed by atoms with Gasteiger partial charge in [0.05, 0.1) is 12.5 Å². The fourth-order valence-electron chi connectivity index (χ4n) is 4.17. The number of fused-ring (bicyclic) bond motifs is 2. The van der Waals surface area contributed by atoms with E-state index in [1.165, 1.54) is 7.11 Å². The number of benzene rings is 4. The second-order valence-electron chi connectivity index (χ2n) is 8.24. The Kier molecular flexibility index (Phi) is 6.67. The highest BCUT2D eigenvalue weighted by Crippen LogP contribution is 2.38. The monoisotopic (exact) mass is 480 g/mol. The molecule has 0 radical (unpaired) electrons. The average Bonchev–Trinajstić information content (AvgIpc) is 2.93. The van der Waals surface area contributed by atoms with Gasteiger partial charge in [0.15, 0.2) is 11.3 Å². The van der Waals surface area contributed by atoms with Gasteiger partial charge in [0.1, 0.15) is 42.0 Å². The van der Waals surface area contributed by atoms with Crippen molar-refractivity contribution in [3.8, 4) is 17.2 Å². The van der Waals surface area contributed by atoms with Crippen LogP contribution < -0.4 is 19.6 Å². The van der Waals surface area contributed by atoms with Crippen molar-refractivity contribution in [1.82, 2.24) is 0 Å². The number of ether oxygens (including phenoxy) is 3. The van der Waals surface area contributed by atoms with Crippen LogP contribution in [0.2, 0.25) is 0 Å². The van der Waals surface area contributed by atoms with Gasteiger partial charge >= 0.3 is 0 Å². The molecule has 6 nitrogen and oxygen atoms in total. The lowest BCUT2D eigenvalue weighted by molar-refractivity contribution is -0.107. The van der Waals surface area contributed by atoms with Crippen LogP contribution in [-0.2, 0) is 24.4 Å². The molecular formula is C30H24O6. The van der Waals surface area contributed by atoms with Crippen LogP contribution >= 0.6 is 0 Å². The predicted molar refractivity (Wildman–Crippen MR) is 138 cm³/mol. The van der Waals surface area contributed by atoms with E-state index in [0.29, 0.717) is 40.4 Å². The molecule has 0 aliphatic carbocycles. The van der Waals surface area contributed by atoms with E-state index < -0.39 is 0 Å². The summed E-state index contributed by atoms with van der Waals surface area (Å²) in [5.41, 5.74) is 2.71. The van der Waals surface area contributed by atoms with Crippen molar-refractivity contribution < 1.29 is 23.4 Å². The molecule has 5 aromatic rings. The zero-order valence-corrected chi connectivity index (χ0v) is 19.7. The zero-order valence-electron chi connectivity index (χ0n) is 19.7. The Morgan fingerprint density at radius 1 is 0.750 bits per heavy atom. The molecule has 0 atom stereocenters. The van der Waals surface area contributed by atoms with Crippen molar-refractivity contribution in [1.29, 1.82) is 0 Å².